The molecular formula is C19H18ClN3O3S. The molecule has 1 aromatic heterocycles. The summed E-state index contributed by atoms with van der Waals surface area (Å²) in [5, 5.41) is 7.56. The molecule has 27 heavy (non-hydrogen) atoms. The smallest absolute Gasteiger partial charge is 0.226 e. The van der Waals surface area contributed by atoms with E-state index in [-0.39, 0.29) is 17.1 Å². The third kappa shape index (κ3) is 4.75. The van der Waals surface area contributed by atoms with Crippen molar-refractivity contribution in [1.29, 1.82) is 0 Å². The highest BCUT2D eigenvalue weighted by Gasteiger charge is 2.18. The number of hydrogen-bond acceptors (Lipinski definition) is 4. The molecule has 0 atom stereocenters. The Morgan fingerprint density at radius 3 is 2.44 bits per heavy atom. The Kier molecular flexibility index (Phi) is 5.62. The van der Waals surface area contributed by atoms with Gasteiger partial charge in [0.25, 0.3) is 0 Å². The Balaban J connectivity index is 1.69. The van der Waals surface area contributed by atoms with E-state index in [4.69, 9.17) is 11.6 Å². The second-order valence-corrected chi connectivity index (χ2v) is 8.53. The van der Waals surface area contributed by atoms with E-state index in [1.165, 1.54) is 24.3 Å². The van der Waals surface area contributed by atoms with Crippen LogP contribution in [0.5, 0.6) is 0 Å². The second-order valence-electron chi connectivity index (χ2n) is 5.99. The van der Waals surface area contributed by atoms with Crippen LogP contribution >= 0.6 is 11.6 Å². The highest BCUT2D eigenvalue weighted by atomic mass is 35.5. The third-order valence-electron chi connectivity index (χ3n) is 3.87. The van der Waals surface area contributed by atoms with Gasteiger partial charge in [-0.15, -0.1) is 0 Å². The number of rotatable bonds is 6. The second kappa shape index (κ2) is 7.94. The van der Waals surface area contributed by atoms with Crippen molar-refractivity contribution in [1.82, 2.24) is 9.78 Å². The number of nitrogens with one attached hydrogen (secondary N) is 1. The number of sulfone groups is 1. The Bertz CT molecular complexity index is 1050. The summed E-state index contributed by atoms with van der Waals surface area (Å²) >= 11 is 5.78. The summed E-state index contributed by atoms with van der Waals surface area (Å²) in [6.45, 7) is 1.82. The van der Waals surface area contributed by atoms with Crippen LogP contribution in [0.1, 0.15) is 12.1 Å². The van der Waals surface area contributed by atoms with Crippen molar-refractivity contribution < 1.29 is 13.2 Å². The summed E-state index contributed by atoms with van der Waals surface area (Å²) in [5.41, 5.74) is 1.54. The summed E-state index contributed by atoms with van der Waals surface area (Å²) in [6, 6.07) is 17.0. The summed E-state index contributed by atoms with van der Waals surface area (Å²) < 4.78 is 26.3. The van der Waals surface area contributed by atoms with Crippen molar-refractivity contribution in [2.75, 3.05) is 11.1 Å². The van der Waals surface area contributed by atoms with Gasteiger partial charge in [0.05, 0.1) is 22.0 Å². The standard InChI is InChI=1S/C19H18ClN3O3S/c1-14-13-18(23(22-14)16-5-3-2-4-6-16)21-19(24)11-12-27(25,26)17-9-7-15(20)8-10-17/h2-10,13H,11-12H2,1H3,(H,21,24). The van der Waals surface area contributed by atoms with Crippen molar-refractivity contribution >= 4 is 33.2 Å². The van der Waals surface area contributed by atoms with Crippen LogP contribution < -0.4 is 5.32 Å². The number of carbonyl (C=O) groups is 1. The van der Waals surface area contributed by atoms with E-state index in [2.05, 4.69) is 10.4 Å². The van der Waals surface area contributed by atoms with E-state index in [9.17, 15) is 13.2 Å². The highest BCUT2D eigenvalue weighted by Crippen LogP contribution is 2.18. The lowest BCUT2D eigenvalue weighted by atomic mass is 10.3. The number of aromatic nitrogens is 2. The van der Waals surface area contributed by atoms with Gasteiger partial charge in [0.1, 0.15) is 5.82 Å². The molecule has 8 heteroatoms. The van der Waals surface area contributed by atoms with Crippen LogP contribution in [0.3, 0.4) is 0 Å². The van der Waals surface area contributed by atoms with Crippen molar-refractivity contribution in [3.8, 4) is 5.69 Å². The number of amides is 1. The maximum Gasteiger partial charge on any atom is 0.226 e. The molecule has 6 nitrogen and oxygen atoms in total. The first-order valence-electron chi connectivity index (χ1n) is 8.25. The number of anilines is 1. The molecular weight excluding hydrogens is 386 g/mol. The zero-order valence-corrected chi connectivity index (χ0v) is 16.2. The van der Waals surface area contributed by atoms with Gasteiger partial charge in [-0.3, -0.25) is 4.79 Å². The predicted octanol–water partition coefficient (Wildman–Crippen LogP) is 3.64. The molecule has 1 heterocycles. The first-order chi connectivity index (χ1) is 12.8. The third-order valence-corrected chi connectivity index (χ3v) is 5.85. The zero-order valence-electron chi connectivity index (χ0n) is 14.6. The van der Waals surface area contributed by atoms with Gasteiger partial charge in [0.2, 0.25) is 5.91 Å². The summed E-state index contributed by atoms with van der Waals surface area (Å²) in [4.78, 5) is 12.4. The van der Waals surface area contributed by atoms with Gasteiger partial charge < -0.3 is 5.32 Å². The molecule has 0 saturated heterocycles. The van der Waals surface area contributed by atoms with Gasteiger partial charge in [0.15, 0.2) is 9.84 Å². The molecule has 0 unspecified atom stereocenters. The average molecular weight is 404 g/mol. The van der Waals surface area contributed by atoms with Crippen LogP contribution in [0, 0.1) is 6.92 Å². The Morgan fingerprint density at radius 2 is 1.78 bits per heavy atom. The quantitative estimate of drug-likeness (QED) is 0.681. The number of aryl methyl sites for hydroxylation is 1. The summed E-state index contributed by atoms with van der Waals surface area (Å²) in [5.74, 6) is -0.198. The largest absolute Gasteiger partial charge is 0.311 e. The molecule has 0 aliphatic heterocycles. The molecule has 3 aromatic rings. The van der Waals surface area contributed by atoms with Gasteiger partial charge in [-0.1, -0.05) is 29.8 Å². The predicted molar refractivity (Wildman–Crippen MR) is 105 cm³/mol. The number of benzene rings is 2. The van der Waals surface area contributed by atoms with Crippen molar-refractivity contribution in [2.45, 2.75) is 18.2 Å². The Labute approximate surface area is 162 Å². The molecule has 0 fully saturated rings. The van der Waals surface area contributed by atoms with Crippen molar-refractivity contribution in [3.63, 3.8) is 0 Å². The SMILES string of the molecule is Cc1cc(NC(=O)CCS(=O)(=O)c2ccc(Cl)cc2)n(-c2ccccc2)n1. The maximum atomic E-state index is 12.4. The molecule has 1 N–H and O–H groups in total. The molecule has 0 radical (unpaired) electrons. The molecule has 2 aromatic carbocycles. The van der Waals surface area contributed by atoms with E-state index < -0.39 is 15.7 Å². The topological polar surface area (TPSA) is 81.1 Å². The van der Waals surface area contributed by atoms with E-state index in [0.29, 0.717) is 10.8 Å². The fourth-order valence-corrected chi connectivity index (χ4v) is 3.91. The van der Waals surface area contributed by atoms with Crippen LogP contribution in [0.25, 0.3) is 5.69 Å². The number of nitrogens with zero attached hydrogens (tertiary/aromatic N) is 2. The number of para-hydroxylation sites is 1. The lowest BCUT2D eigenvalue weighted by Crippen LogP contribution is -2.19. The minimum atomic E-state index is -3.56. The molecule has 0 bridgehead atoms. The maximum absolute atomic E-state index is 12.4. The normalized spacial score (nSPS) is 11.3. The van der Waals surface area contributed by atoms with E-state index in [1.807, 2.05) is 37.3 Å². The first-order valence-corrected chi connectivity index (χ1v) is 10.3. The first kappa shape index (κ1) is 19.1. The number of carbonyl (C=O) groups excluding carboxylic acids is 1. The van der Waals surface area contributed by atoms with Gasteiger partial charge in [-0.25, -0.2) is 13.1 Å². The lowest BCUT2D eigenvalue weighted by molar-refractivity contribution is -0.115. The molecule has 0 saturated carbocycles. The van der Waals surface area contributed by atoms with Crippen LogP contribution in [0.2, 0.25) is 5.02 Å². The monoisotopic (exact) mass is 403 g/mol. The minimum absolute atomic E-state index is 0.143. The molecule has 140 valence electrons. The van der Waals surface area contributed by atoms with Gasteiger partial charge >= 0.3 is 0 Å². The number of halogens is 1. The zero-order chi connectivity index (χ0) is 19.4. The van der Waals surface area contributed by atoms with Crippen LogP contribution in [-0.2, 0) is 14.6 Å². The van der Waals surface area contributed by atoms with Gasteiger partial charge in [-0.2, -0.15) is 5.10 Å². The molecule has 0 spiro atoms. The molecule has 0 aliphatic rings. The summed E-state index contributed by atoms with van der Waals surface area (Å²) in [6.07, 6.45) is -0.163. The van der Waals surface area contributed by atoms with Crippen molar-refractivity contribution in [3.05, 3.63) is 71.4 Å². The van der Waals surface area contributed by atoms with E-state index >= 15 is 0 Å². The fourth-order valence-electron chi connectivity index (χ4n) is 2.55. The number of hydrogen-bond donors (Lipinski definition) is 1. The molecule has 0 aliphatic carbocycles. The van der Waals surface area contributed by atoms with E-state index in [0.717, 1.165) is 11.4 Å². The average Bonchev–Trinajstić information content (AvgIpc) is 3.01. The lowest BCUT2D eigenvalue weighted by Gasteiger charge is -2.09. The summed E-state index contributed by atoms with van der Waals surface area (Å²) in [7, 11) is -3.56. The minimum Gasteiger partial charge on any atom is -0.311 e. The van der Waals surface area contributed by atoms with Gasteiger partial charge in [-0.05, 0) is 43.3 Å². The van der Waals surface area contributed by atoms with Crippen LogP contribution in [0.15, 0.2) is 65.6 Å². The van der Waals surface area contributed by atoms with Gasteiger partial charge in [0, 0.05) is 17.5 Å². The van der Waals surface area contributed by atoms with E-state index in [1.54, 1.807) is 10.7 Å². The van der Waals surface area contributed by atoms with Crippen LogP contribution in [0.4, 0.5) is 5.82 Å². The van der Waals surface area contributed by atoms with Crippen LogP contribution in [-0.4, -0.2) is 29.9 Å². The molecule has 3 rings (SSSR count). The Hall–Kier alpha value is -2.64. The highest BCUT2D eigenvalue weighted by molar-refractivity contribution is 7.91. The molecule has 1 amide bonds. The Morgan fingerprint density at radius 1 is 1.11 bits per heavy atom. The van der Waals surface area contributed by atoms with Crippen molar-refractivity contribution in [2.24, 2.45) is 0 Å². The fraction of sp³-hybridized carbons (Fsp3) is 0.158.